The predicted octanol–water partition coefficient (Wildman–Crippen LogP) is 2.62. The molecular formula is C17H27N3O. The summed E-state index contributed by atoms with van der Waals surface area (Å²) in [5.41, 5.74) is 2.48. The van der Waals surface area contributed by atoms with Crippen molar-refractivity contribution in [3.8, 4) is 0 Å². The Balaban J connectivity index is 1.82. The molecular weight excluding hydrogens is 262 g/mol. The highest BCUT2D eigenvalue weighted by molar-refractivity contribution is 5.75. The Hall–Kier alpha value is -1.55. The van der Waals surface area contributed by atoms with E-state index < -0.39 is 0 Å². The molecule has 21 heavy (non-hydrogen) atoms. The lowest BCUT2D eigenvalue weighted by molar-refractivity contribution is 0.131. The summed E-state index contributed by atoms with van der Waals surface area (Å²) >= 11 is 0. The fraction of sp³-hybridized carbons (Fsp3) is 0.588. The molecule has 0 saturated carbocycles. The van der Waals surface area contributed by atoms with Crippen molar-refractivity contribution in [1.29, 1.82) is 0 Å². The van der Waals surface area contributed by atoms with E-state index in [4.69, 9.17) is 0 Å². The monoisotopic (exact) mass is 289 g/mol. The minimum atomic E-state index is -0.171. The summed E-state index contributed by atoms with van der Waals surface area (Å²) in [7, 11) is 0. The number of piperazine rings is 1. The number of nitrogens with one attached hydrogen (secondary N) is 1. The van der Waals surface area contributed by atoms with E-state index in [1.54, 1.807) is 0 Å². The standard InChI is InChI=1S/C17H27N3O/c1-14-6-5-7-15(12-14)13-19-8-10-20(11-9-19)16(21)18-17(2,3)4/h5-7,12H,8-11,13H2,1-4H3,(H,18,21). The van der Waals surface area contributed by atoms with Gasteiger partial charge in [0.2, 0.25) is 0 Å². The number of hydrogen-bond acceptors (Lipinski definition) is 2. The van der Waals surface area contributed by atoms with E-state index >= 15 is 0 Å². The third kappa shape index (κ3) is 5.05. The van der Waals surface area contributed by atoms with Crippen molar-refractivity contribution < 1.29 is 4.79 Å². The molecule has 0 radical (unpaired) electrons. The van der Waals surface area contributed by atoms with Gasteiger partial charge in [-0.2, -0.15) is 0 Å². The van der Waals surface area contributed by atoms with E-state index in [1.807, 2.05) is 25.7 Å². The Morgan fingerprint density at radius 3 is 2.43 bits per heavy atom. The van der Waals surface area contributed by atoms with Crippen LogP contribution in [0.15, 0.2) is 24.3 Å². The molecule has 1 heterocycles. The zero-order valence-electron chi connectivity index (χ0n) is 13.6. The summed E-state index contributed by atoms with van der Waals surface area (Å²) in [6.45, 7) is 12.6. The normalized spacial score (nSPS) is 16.9. The van der Waals surface area contributed by atoms with Crippen LogP contribution in [-0.4, -0.2) is 47.5 Å². The first-order valence-electron chi connectivity index (χ1n) is 7.68. The molecule has 1 N–H and O–H groups in total. The van der Waals surface area contributed by atoms with Gasteiger partial charge in [0.25, 0.3) is 0 Å². The van der Waals surface area contributed by atoms with Gasteiger partial charge in [0.05, 0.1) is 0 Å². The van der Waals surface area contributed by atoms with Crippen LogP contribution < -0.4 is 5.32 Å². The van der Waals surface area contributed by atoms with E-state index in [-0.39, 0.29) is 11.6 Å². The smallest absolute Gasteiger partial charge is 0.317 e. The van der Waals surface area contributed by atoms with Crippen LogP contribution in [0.2, 0.25) is 0 Å². The maximum absolute atomic E-state index is 12.1. The highest BCUT2D eigenvalue weighted by Gasteiger charge is 2.23. The minimum absolute atomic E-state index is 0.0534. The lowest BCUT2D eigenvalue weighted by atomic mass is 10.1. The van der Waals surface area contributed by atoms with Gasteiger partial charge in [0, 0.05) is 38.3 Å². The highest BCUT2D eigenvalue weighted by Crippen LogP contribution is 2.11. The Labute approximate surface area is 128 Å². The number of benzene rings is 1. The van der Waals surface area contributed by atoms with Gasteiger partial charge < -0.3 is 10.2 Å². The van der Waals surface area contributed by atoms with Crippen LogP contribution in [-0.2, 0) is 6.54 Å². The van der Waals surface area contributed by atoms with E-state index in [2.05, 4.69) is 41.4 Å². The first-order valence-corrected chi connectivity index (χ1v) is 7.68. The van der Waals surface area contributed by atoms with Gasteiger partial charge in [-0.15, -0.1) is 0 Å². The average molecular weight is 289 g/mol. The number of amides is 2. The van der Waals surface area contributed by atoms with Crippen molar-refractivity contribution in [1.82, 2.24) is 15.1 Å². The molecule has 0 unspecified atom stereocenters. The van der Waals surface area contributed by atoms with Crippen LogP contribution in [0.5, 0.6) is 0 Å². The van der Waals surface area contributed by atoms with Crippen molar-refractivity contribution in [2.24, 2.45) is 0 Å². The zero-order chi connectivity index (χ0) is 15.5. The molecule has 1 fully saturated rings. The van der Waals surface area contributed by atoms with E-state index in [9.17, 15) is 4.79 Å². The number of urea groups is 1. The van der Waals surface area contributed by atoms with E-state index in [1.165, 1.54) is 11.1 Å². The van der Waals surface area contributed by atoms with Gasteiger partial charge in [-0.1, -0.05) is 29.8 Å². The Bertz CT molecular complexity index is 485. The fourth-order valence-corrected chi connectivity index (χ4v) is 2.58. The maximum Gasteiger partial charge on any atom is 0.317 e. The number of carbonyl (C=O) groups is 1. The minimum Gasteiger partial charge on any atom is -0.333 e. The number of nitrogens with zero attached hydrogens (tertiary/aromatic N) is 2. The van der Waals surface area contributed by atoms with Gasteiger partial charge in [0.15, 0.2) is 0 Å². The van der Waals surface area contributed by atoms with E-state index in [0.717, 1.165) is 32.7 Å². The summed E-state index contributed by atoms with van der Waals surface area (Å²) in [6, 6.07) is 8.69. The Morgan fingerprint density at radius 2 is 1.86 bits per heavy atom. The molecule has 0 aliphatic carbocycles. The van der Waals surface area contributed by atoms with Crippen molar-refractivity contribution in [2.75, 3.05) is 26.2 Å². The number of rotatable bonds is 2. The third-order valence-electron chi connectivity index (χ3n) is 3.63. The lowest BCUT2D eigenvalue weighted by Gasteiger charge is -2.36. The molecule has 0 bridgehead atoms. The van der Waals surface area contributed by atoms with Crippen molar-refractivity contribution in [3.63, 3.8) is 0 Å². The van der Waals surface area contributed by atoms with Crippen molar-refractivity contribution in [3.05, 3.63) is 35.4 Å². The molecule has 0 spiro atoms. The molecule has 0 atom stereocenters. The molecule has 0 aromatic heterocycles. The highest BCUT2D eigenvalue weighted by atomic mass is 16.2. The molecule has 1 saturated heterocycles. The molecule has 1 aromatic rings. The van der Waals surface area contributed by atoms with Crippen LogP contribution in [0.3, 0.4) is 0 Å². The molecule has 1 aromatic carbocycles. The number of carbonyl (C=O) groups excluding carboxylic acids is 1. The maximum atomic E-state index is 12.1. The first-order chi connectivity index (χ1) is 9.83. The second-order valence-electron chi connectivity index (χ2n) is 6.93. The van der Waals surface area contributed by atoms with Crippen LogP contribution in [0.1, 0.15) is 31.9 Å². The largest absolute Gasteiger partial charge is 0.333 e. The summed E-state index contributed by atoms with van der Waals surface area (Å²) in [6.07, 6.45) is 0. The summed E-state index contributed by atoms with van der Waals surface area (Å²) in [4.78, 5) is 16.4. The van der Waals surface area contributed by atoms with E-state index in [0.29, 0.717) is 0 Å². The second kappa shape index (κ2) is 6.48. The number of hydrogen-bond donors (Lipinski definition) is 1. The number of aryl methyl sites for hydroxylation is 1. The van der Waals surface area contributed by atoms with Crippen molar-refractivity contribution >= 4 is 6.03 Å². The average Bonchev–Trinajstić information content (AvgIpc) is 2.37. The zero-order valence-corrected chi connectivity index (χ0v) is 13.6. The molecule has 1 aliphatic heterocycles. The molecule has 2 amide bonds. The SMILES string of the molecule is Cc1cccc(CN2CCN(C(=O)NC(C)(C)C)CC2)c1. The van der Waals surface area contributed by atoms with Crippen LogP contribution >= 0.6 is 0 Å². The molecule has 1 aliphatic rings. The quantitative estimate of drug-likeness (QED) is 0.908. The molecule has 4 heteroatoms. The Kier molecular flexibility index (Phi) is 4.88. The van der Waals surface area contributed by atoms with Crippen LogP contribution in [0.25, 0.3) is 0 Å². The fourth-order valence-electron chi connectivity index (χ4n) is 2.58. The lowest BCUT2D eigenvalue weighted by Crippen LogP contribution is -2.54. The van der Waals surface area contributed by atoms with Gasteiger partial charge in [-0.05, 0) is 33.3 Å². The van der Waals surface area contributed by atoms with Gasteiger partial charge in [0.1, 0.15) is 0 Å². The summed E-state index contributed by atoms with van der Waals surface area (Å²) < 4.78 is 0. The van der Waals surface area contributed by atoms with Crippen LogP contribution in [0, 0.1) is 6.92 Å². The summed E-state index contributed by atoms with van der Waals surface area (Å²) in [5, 5.41) is 3.03. The van der Waals surface area contributed by atoms with Crippen LogP contribution in [0.4, 0.5) is 4.79 Å². The van der Waals surface area contributed by atoms with Crippen molar-refractivity contribution in [2.45, 2.75) is 39.8 Å². The van der Waals surface area contributed by atoms with Gasteiger partial charge in [-0.3, -0.25) is 4.90 Å². The summed E-state index contributed by atoms with van der Waals surface area (Å²) in [5.74, 6) is 0. The van der Waals surface area contributed by atoms with Gasteiger partial charge in [-0.25, -0.2) is 4.79 Å². The third-order valence-corrected chi connectivity index (χ3v) is 3.63. The topological polar surface area (TPSA) is 35.6 Å². The first kappa shape index (κ1) is 15.8. The van der Waals surface area contributed by atoms with Gasteiger partial charge >= 0.3 is 6.03 Å². The molecule has 4 nitrogen and oxygen atoms in total. The predicted molar refractivity (Wildman–Crippen MR) is 86.3 cm³/mol. The molecule has 2 rings (SSSR count). The Morgan fingerprint density at radius 1 is 1.19 bits per heavy atom. The molecule has 116 valence electrons. The second-order valence-corrected chi connectivity index (χ2v) is 6.93.